The maximum Gasteiger partial charge on any atom is 0.113 e. The van der Waals surface area contributed by atoms with E-state index in [1.165, 1.54) is 0 Å². The van der Waals surface area contributed by atoms with Crippen molar-refractivity contribution >= 4 is 0 Å². The van der Waals surface area contributed by atoms with E-state index in [2.05, 4.69) is 20.4 Å². The van der Waals surface area contributed by atoms with Gasteiger partial charge in [0.25, 0.3) is 0 Å². The van der Waals surface area contributed by atoms with Crippen LogP contribution in [0.15, 0.2) is 12.7 Å². The zero-order valence-electron chi connectivity index (χ0n) is 8.29. The van der Waals surface area contributed by atoms with E-state index in [1.54, 1.807) is 13.8 Å². The van der Waals surface area contributed by atoms with Gasteiger partial charge in [0, 0.05) is 5.41 Å². The summed E-state index contributed by atoms with van der Waals surface area (Å²) in [4.78, 5) is 0. The maximum atomic E-state index is 9.63. The van der Waals surface area contributed by atoms with E-state index in [1.807, 2.05) is 6.08 Å². The Morgan fingerprint density at radius 1 is 1.25 bits per heavy atom. The average Bonchev–Trinajstić information content (AvgIpc) is 2.63. The smallest absolute Gasteiger partial charge is 0.113 e. The number of epoxide rings is 1. The Kier molecular flexibility index (Phi) is 2.09. The van der Waals surface area contributed by atoms with Crippen LogP contribution in [0.25, 0.3) is 0 Å². The third-order valence-corrected chi connectivity index (χ3v) is 2.45. The van der Waals surface area contributed by atoms with E-state index in [0.29, 0.717) is 0 Å². The number of hydrogen-bond acceptors (Lipinski definition) is 2. The molecule has 1 aliphatic rings. The molecular weight excluding hydrogens is 152 g/mol. The highest BCUT2D eigenvalue weighted by atomic mass is 16.6. The van der Waals surface area contributed by atoms with Crippen molar-refractivity contribution < 1.29 is 9.84 Å². The maximum absolute atomic E-state index is 9.63. The first-order valence-corrected chi connectivity index (χ1v) is 4.30. The van der Waals surface area contributed by atoms with Gasteiger partial charge in [-0.1, -0.05) is 19.9 Å². The minimum absolute atomic E-state index is 0.0366. The van der Waals surface area contributed by atoms with Gasteiger partial charge in [0.2, 0.25) is 0 Å². The monoisotopic (exact) mass is 170 g/mol. The van der Waals surface area contributed by atoms with E-state index in [0.717, 1.165) is 0 Å². The minimum Gasteiger partial charge on any atom is -0.388 e. The lowest BCUT2D eigenvalue weighted by Gasteiger charge is -2.19. The summed E-state index contributed by atoms with van der Waals surface area (Å²) in [5, 5.41) is 9.63. The summed E-state index contributed by atoms with van der Waals surface area (Å²) in [6, 6.07) is 0. The van der Waals surface area contributed by atoms with E-state index in [9.17, 15) is 5.11 Å². The Morgan fingerprint density at radius 2 is 1.75 bits per heavy atom. The molecule has 0 aromatic heterocycles. The SMILES string of the molecule is C=CC(C)(C)C1OC1C(C)(C)O. The zero-order valence-corrected chi connectivity index (χ0v) is 8.29. The Bertz CT molecular complexity index is 189. The molecule has 0 amide bonds. The Balaban J connectivity index is 2.59. The second-order valence-electron chi connectivity index (χ2n) is 4.66. The van der Waals surface area contributed by atoms with Crippen LogP contribution in [0.1, 0.15) is 27.7 Å². The Hall–Kier alpha value is -0.340. The predicted molar refractivity (Wildman–Crippen MR) is 48.9 cm³/mol. The Labute approximate surface area is 74.2 Å². The standard InChI is InChI=1S/C10H18O2/c1-6-9(2,3)7-8(12-7)10(4,5)11/h6-8,11H,1H2,2-5H3. The van der Waals surface area contributed by atoms with Gasteiger partial charge in [-0.25, -0.2) is 0 Å². The van der Waals surface area contributed by atoms with E-state index in [4.69, 9.17) is 4.74 Å². The van der Waals surface area contributed by atoms with Gasteiger partial charge in [-0.05, 0) is 13.8 Å². The molecule has 1 N–H and O–H groups in total. The van der Waals surface area contributed by atoms with Crippen LogP contribution >= 0.6 is 0 Å². The molecule has 12 heavy (non-hydrogen) atoms. The van der Waals surface area contributed by atoms with Crippen LogP contribution in [-0.2, 0) is 4.74 Å². The molecule has 0 aromatic carbocycles. The van der Waals surface area contributed by atoms with Crippen LogP contribution in [0.3, 0.4) is 0 Å². The predicted octanol–water partition coefficient (Wildman–Crippen LogP) is 1.74. The highest BCUT2D eigenvalue weighted by Gasteiger charge is 2.54. The summed E-state index contributed by atoms with van der Waals surface area (Å²) >= 11 is 0. The van der Waals surface area contributed by atoms with Gasteiger partial charge in [0.05, 0.1) is 11.7 Å². The fourth-order valence-corrected chi connectivity index (χ4v) is 1.33. The lowest BCUT2D eigenvalue weighted by Crippen LogP contribution is -2.32. The first-order chi connectivity index (χ1) is 5.29. The molecule has 0 spiro atoms. The lowest BCUT2D eigenvalue weighted by atomic mass is 9.84. The molecule has 70 valence electrons. The third kappa shape index (κ3) is 1.70. The molecule has 1 fully saturated rings. The van der Waals surface area contributed by atoms with Crippen molar-refractivity contribution in [2.75, 3.05) is 0 Å². The first kappa shape index (κ1) is 9.75. The third-order valence-electron chi connectivity index (χ3n) is 2.45. The van der Waals surface area contributed by atoms with Gasteiger partial charge in [-0.3, -0.25) is 0 Å². The van der Waals surface area contributed by atoms with E-state index >= 15 is 0 Å². The molecule has 1 rings (SSSR count). The second-order valence-corrected chi connectivity index (χ2v) is 4.66. The van der Waals surface area contributed by atoms with Crippen molar-refractivity contribution in [2.45, 2.75) is 45.5 Å². The summed E-state index contributed by atoms with van der Waals surface area (Å²) in [6.45, 7) is 11.4. The summed E-state index contributed by atoms with van der Waals surface area (Å²) in [7, 11) is 0. The van der Waals surface area contributed by atoms with Gasteiger partial charge in [-0.15, -0.1) is 6.58 Å². The summed E-state index contributed by atoms with van der Waals surface area (Å²) in [5.74, 6) is 0. The second kappa shape index (κ2) is 2.57. The zero-order chi connectivity index (χ0) is 9.57. The van der Waals surface area contributed by atoms with Crippen LogP contribution < -0.4 is 0 Å². The fourth-order valence-electron chi connectivity index (χ4n) is 1.33. The van der Waals surface area contributed by atoms with Crippen LogP contribution in [-0.4, -0.2) is 22.9 Å². The largest absolute Gasteiger partial charge is 0.388 e. The molecular formula is C10H18O2. The van der Waals surface area contributed by atoms with Crippen LogP contribution in [0.5, 0.6) is 0 Å². The molecule has 2 nitrogen and oxygen atoms in total. The van der Waals surface area contributed by atoms with Crippen molar-refractivity contribution in [1.29, 1.82) is 0 Å². The van der Waals surface area contributed by atoms with Crippen molar-refractivity contribution in [1.82, 2.24) is 0 Å². The highest BCUT2D eigenvalue weighted by molar-refractivity contribution is 5.08. The number of hydrogen-bond donors (Lipinski definition) is 1. The molecule has 0 aliphatic carbocycles. The molecule has 2 heteroatoms. The summed E-state index contributed by atoms with van der Waals surface area (Å²) < 4.78 is 5.42. The number of rotatable bonds is 3. The van der Waals surface area contributed by atoms with Crippen LogP contribution in [0.4, 0.5) is 0 Å². The quantitative estimate of drug-likeness (QED) is 0.517. The van der Waals surface area contributed by atoms with Crippen molar-refractivity contribution in [3.63, 3.8) is 0 Å². The molecule has 0 saturated carbocycles. The molecule has 2 atom stereocenters. The highest BCUT2D eigenvalue weighted by Crippen LogP contribution is 2.43. The van der Waals surface area contributed by atoms with Gasteiger partial charge in [0.15, 0.2) is 0 Å². The van der Waals surface area contributed by atoms with Crippen LogP contribution in [0, 0.1) is 5.41 Å². The molecule has 0 bridgehead atoms. The van der Waals surface area contributed by atoms with Crippen LogP contribution in [0.2, 0.25) is 0 Å². The van der Waals surface area contributed by atoms with E-state index < -0.39 is 5.60 Å². The molecule has 2 unspecified atom stereocenters. The fraction of sp³-hybridized carbons (Fsp3) is 0.800. The van der Waals surface area contributed by atoms with Crippen molar-refractivity contribution in [3.05, 3.63) is 12.7 Å². The van der Waals surface area contributed by atoms with Gasteiger partial charge in [0.1, 0.15) is 6.10 Å². The summed E-state index contributed by atoms with van der Waals surface area (Å²) in [5.41, 5.74) is -0.768. The average molecular weight is 170 g/mol. The minimum atomic E-state index is -0.731. The molecule has 0 radical (unpaired) electrons. The van der Waals surface area contributed by atoms with Crippen molar-refractivity contribution in [2.24, 2.45) is 5.41 Å². The first-order valence-electron chi connectivity index (χ1n) is 4.30. The summed E-state index contributed by atoms with van der Waals surface area (Å²) in [6.07, 6.45) is 1.96. The van der Waals surface area contributed by atoms with E-state index in [-0.39, 0.29) is 17.6 Å². The molecule has 1 aliphatic heterocycles. The topological polar surface area (TPSA) is 32.8 Å². The Morgan fingerprint density at radius 3 is 2.00 bits per heavy atom. The lowest BCUT2D eigenvalue weighted by molar-refractivity contribution is 0.0482. The number of ether oxygens (including phenoxy) is 1. The molecule has 1 saturated heterocycles. The van der Waals surface area contributed by atoms with Gasteiger partial charge < -0.3 is 9.84 Å². The van der Waals surface area contributed by atoms with Gasteiger partial charge in [-0.2, -0.15) is 0 Å². The van der Waals surface area contributed by atoms with Crippen molar-refractivity contribution in [3.8, 4) is 0 Å². The molecule has 1 heterocycles. The normalized spacial score (nSPS) is 30.1. The van der Waals surface area contributed by atoms with Gasteiger partial charge >= 0.3 is 0 Å². The number of aliphatic hydroxyl groups is 1. The molecule has 0 aromatic rings.